The third kappa shape index (κ3) is 3.59. The molecule has 0 aliphatic carbocycles. The van der Waals surface area contributed by atoms with Crippen LogP contribution in [0.25, 0.3) is 0 Å². The van der Waals surface area contributed by atoms with Gasteiger partial charge < -0.3 is 10.1 Å². The lowest BCUT2D eigenvalue weighted by Gasteiger charge is -2.17. The van der Waals surface area contributed by atoms with Crippen molar-refractivity contribution in [3.05, 3.63) is 12.2 Å². The highest BCUT2D eigenvalue weighted by Crippen LogP contribution is 2.02. The van der Waals surface area contributed by atoms with Gasteiger partial charge in [-0.1, -0.05) is 25.5 Å². The van der Waals surface area contributed by atoms with Crippen molar-refractivity contribution in [1.82, 2.24) is 5.32 Å². The van der Waals surface area contributed by atoms with Crippen molar-refractivity contribution in [1.29, 1.82) is 0 Å². The van der Waals surface area contributed by atoms with Crippen LogP contribution in [0.1, 0.15) is 26.2 Å². The van der Waals surface area contributed by atoms with Crippen molar-refractivity contribution < 1.29 is 9.53 Å². The first-order valence-corrected chi connectivity index (χ1v) is 4.89. The van der Waals surface area contributed by atoms with Crippen molar-refractivity contribution in [3.8, 4) is 0 Å². The summed E-state index contributed by atoms with van der Waals surface area (Å²) in [7, 11) is 0. The molecule has 0 aromatic heterocycles. The maximum Gasteiger partial charge on any atom is 0.323 e. The molecule has 0 aromatic rings. The molecule has 1 aliphatic heterocycles. The monoisotopic (exact) mass is 183 g/mol. The van der Waals surface area contributed by atoms with E-state index in [0.717, 1.165) is 25.8 Å². The zero-order chi connectivity index (χ0) is 9.52. The molecule has 0 saturated carbocycles. The summed E-state index contributed by atoms with van der Waals surface area (Å²) in [4.78, 5) is 11.4. The van der Waals surface area contributed by atoms with E-state index in [1.165, 1.54) is 0 Å². The molecule has 13 heavy (non-hydrogen) atoms. The summed E-state index contributed by atoms with van der Waals surface area (Å²) in [5.41, 5.74) is 0. The van der Waals surface area contributed by atoms with Gasteiger partial charge in [0.25, 0.3) is 0 Å². The fraction of sp³-hybridized carbons (Fsp3) is 0.700. The van der Waals surface area contributed by atoms with Gasteiger partial charge in [-0.2, -0.15) is 0 Å². The van der Waals surface area contributed by atoms with Gasteiger partial charge >= 0.3 is 5.97 Å². The number of esters is 1. The van der Waals surface area contributed by atoms with E-state index < -0.39 is 0 Å². The molecule has 1 rings (SSSR count). The van der Waals surface area contributed by atoms with E-state index >= 15 is 0 Å². The number of unbranched alkanes of at least 4 members (excludes halogenated alkanes) is 1. The molecule has 0 bridgehead atoms. The molecule has 1 unspecified atom stereocenters. The molecule has 3 nitrogen and oxygen atoms in total. The van der Waals surface area contributed by atoms with Crippen LogP contribution in [0.5, 0.6) is 0 Å². The molecule has 1 atom stereocenters. The molecule has 3 heteroatoms. The predicted octanol–water partition coefficient (Wildman–Crippen LogP) is 1.25. The maximum absolute atomic E-state index is 11.4. The fourth-order valence-corrected chi connectivity index (χ4v) is 1.21. The average Bonchev–Trinajstić information content (AvgIpc) is 2.19. The van der Waals surface area contributed by atoms with Crippen LogP contribution in [0.2, 0.25) is 0 Å². The van der Waals surface area contributed by atoms with E-state index in [1.807, 2.05) is 12.2 Å². The normalized spacial score (nSPS) is 21.5. The first kappa shape index (κ1) is 10.3. The number of rotatable bonds is 4. The molecular formula is C10H17NO2. The van der Waals surface area contributed by atoms with Gasteiger partial charge in [0, 0.05) is 6.54 Å². The van der Waals surface area contributed by atoms with Crippen LogP contribution in [0, 0.1) is 0 Å². The summed E-state index contributed by atoms with van der Waals surface area (Å²) in [6.45, 7) is 3.40. The number of hydrogen-bond donors (Lipinski definition) is 1. The van der Waals surface area contributed by atoms with Gasteiger partial charge in [0.15, 0.2) is 0 Å². The highest BCUT2D eigenvalue weighted by atomic mass is 16.5. The van der Waals surface area contributed by atoms with Crippen LogP contribution < -0.4 is 5.32 Å². The lowest BCUT2D eigenvalue weighted by molar-refractivity contribution is -0.146. The van der Waals surface area contributed by atoms with Gasteiger partial charge in [-0.15, -0.1) is 0 Å². The van der Waals surface area contributed by atoms with Gasteiger partial charge in [0.2, 0.25) is 0 Å². The highest BCUT2D eigenvalue weighted by molar-refractivity contribution is 5.76. The second-order valence-electron chi connectivity index (χ2n) is 3.19. The van der Waals surface area contributed by atoms with Crippen molar-refractivity contribution >= 4 is 5.97 Å². The van der Waals surface area contributed by atoms with Gasteiger partial charge in [-0.05, 0) is 12.8 Å². The van der Waals surface area contributed by atoms with Crippen LogP contribution in [-0.2, 0) is 9.53 Å². The lowest BCUT2D eigenvalue weighted by atomic mass is 10.1. The number of carbonyl (C=O) groups excluding carboxylic acids is 1. The quantitative estimate of drug-likeness (QED) is 0.405. The average molecular weight is 183 g/mol. The van der Waals surface area contributed by atoms with Gasteiger partial charge in [0.05, 0.1) is 6.61 Å². The van der Waals surface area contributed by atoms with Crippen molar-refractivity contribution in [2.45, 2.75) is 32.2 Å². The lowest BCUT2D eigenvalue weighted by Crippen LogP contribution is -2.39. The maximum atomic E-state index is 11.4. The van der Waals surface area contributed by atoms with Crippen LogP contribution in [-0.4, -0.2) is 25.2 Å². The number of nitrogens with one attached hydrogen (secondary N) is 1. The smallest absolute Gasteiger partial charge is 0.323 e. The molecule has 0 fully saturated rings. The van der Waals surface area contributed by atoms with E-state index in [4.69, 9.17) is 4.74 Å². The SMILES string of the molecule is CCCCOC(=O)C1CC=CCN1. The summed E-state index contributed by atoms with van der Waals surface area (Å²) in [5.74, 6) is -0.113. The molecule has 0 amide bonds. The molecule has 0 aromatic carbocycles. The molecule has 74 valence electrons. The zero-order valence-electron chi connectivity index (χ0n) is 8.08. The Hall–Kier alpha value is -0.830. The van der Waals surface area contributed by atoms with E-state index in [0.29, 0.717) is 6.61 Å². The van der Waals surface area contributed by atoms with Crippen molar-refractivity contribution in [2.24, 2.45) is 0 Å². The Bertz CT molecular complexity index is 189. The molecule has 1 aliphatic rings. The minimum atomic E-state index is -0.123. The first-order valence-electron chi connectivity index (χ1n) is 4.89. The minimum Gasteiger partial charge on any atom is -0.465 e. The molecule has 0 radical (unpaired) electrons. The molecule has 1 N–H and O–H groups in total. The third-order valence-electron chi connectivity index (χ3n) is 2.05. The Balaban J connectivity index is 2.18. The summed E-state index contributed by atoms with van der Waals surface area (Å²) >= 11 is 0. The largest absolute Gasteiger partial charge is 0.465 e. The highest BCUT2D eigenvalue weighted by Gasteiger charge is 2.18. The molecule has 1 heterocycles. The fourth-order valence-electron chi connectivity index (χ4n) is 1.21. The summed E-state index contributed by atoms with van der Waals surface area (Å²) in [6, 6.07) is -0.123. The predicted molar refractivity (Wildman–Crippen MR) is 51.4 cm³/mol. The van der Waals surface area contributed by atoms with Gasteiger partial charge in [0.1, 0.15) is 6.04 Å². The van der Waals surface area contributed by atoms with E-state index in [-0.39, 0.29) is 12.0 Å². The Morgan fingerprint density at radius 3 is 3.08 bits per heavy atom. The number of ether oxygens (including phenoxy) is 1. The Labute approximate surface area is 79.2 Å². The van der Waals surface area contributed by atoms with Crippen LogP contribution >= 0.6 is 0 Å². The Kier molecular flexibility index (Phi) is 4.54. The van der Waals surface area contributed by atoms with Crippen LogP contribution in [0.3, 0.4) is 0 Å². The van der Waals surface area contributed by atoms with Gasteiger partial charge in [-0.3, -0.25) is 4.79 Å². The second-order valence-corrected chi connectivity index (χ2v) is 3.19. The number of hydrogen-bond acceptors (Lipinski definition) is 3. The summed E-state index contributed by atoms with van der Waals surface area (Å²) in [5, 5.41) is 3.08. The van der Waals surface area contributed by atoms with Crippen molar-refractivity contribution in [3.63, 3.8) is 0 Å². The zero-order valence-corrected chi connectivity index (χ0v) is 8.08. The van der Waals surface area contributed by atoms with Crippen LogP contribution in [0.15, 0.2) is 12.2 Å². The summed E-state index contributed by atoms with van der Waals surface area (Å²) < 4.78 is 5.09. The summed E-state index contributed by atoms with van der Waals surface area (Å²) in [6.07, 6.45) is 6.81. The second kappa shape index (κ2) is 5.75. The Morgan fingerprint density at radius 2 is 2.46 bits per heavy atom. The number of carbonyl (C=O) groups is 1. The standard InChI is InChI=1S/C10H17NO2/c1-2-3-8-13-10(12)9-6-4-5-7-11-9/h4-5,9,11H,2-3,6-8H2,1H3. The molecule has 0 spiro atoms. The minimum absolute atomic E-state index is 0.113. The van der Waals surface area contributed by atoms with Gasteiger partial charge in [-0.25, -0.2) is 0 Å². The van der Waals surface area contributed by atoms with Crippen LogP contribution in [0.4, 0.5) is 0 Å². The molecule has 0 saturated heterocycles. The third-order valence-corrected chi connectivity index (χ3v) is 2.05. The Morgan fingerprint density at radius 1 is 1.62 bits per heavy atom. The topological polar surface area (TPSA) is 38.3 Å². The van der Waals surface area contributed by atoms with E-state index in [1.54, 1.807) is 0 Å². The van der Waals surface area contributed by atoms with Crippen molar-refractivity contribution in [2.75, 3.05) is 13.2 Å². The first-order chi connectivity index (χ1) is 6.34. The molecular weight excluding hydrogens is 166 g/mol. The van der Waals surface area contributed by atoms with E-state index in [2.05, 4.69) is 12.2 Å². The van der Waals surface area contributed by atoms with E-state index in [9.17, 15) is 4.79 Å².